The summed E-state index contributed by atoms with van der Waals surface area (Å²) >= 11 is 5.05. The predicted molar refractivity (Wildman–Crippen MR) is 81.5 cm³/mol. The molecule has 0 fully saturated rings. The maximum absolute atomic E-state index is 12.6. The van der Waals surface area contributed by atoms with E-state index in [2.05, 4.69) is 20.8 Å². The van der Waals surface area contributed by atoms with Gasteiger partial charge in [0.15, 0.2) is 0 Å². The van der Waals surface area contributed by atoms with Crippen molar-refractivity contribution in [1.29, 1.82) is 0 Å². The van der Waals surface area contributed by atoms with Crippen LogP contribution in [0.1, 0.15) is 53.9 Å². The van der Waals surface area contributed by atoms with Crippen molar-refractivity contribution in [3.05, 3.63) is 0 Å². The summed E-state index contributed by atoms with van der Waals surface area (Å²) < 4.78 is 0. The summed E-state index contributed by atoms with van der Waals surface area (Å²) in [5.41, 5.74) is 5.73. The summed E-state index contributed by atoms with van der Waals surface area (Å²) in [6.45, 7) is 11.1. The predicted octanol–water partition coefficient (Wildman–Crippen LogP) is 2.97. The van der Waals surface area contributed by atoms with Crippen LogP contribution in [0.4, 0.5) is 0 Å². The van der Waals surface area contributed by atoms with Crippen LogP contribution in [0.25, 0.3) is 0 Å². The van der Waals surface area contributed by atoms with Crippen LogP contribution in [-0.2, 0) is 4.79 Å². The lowest BCUT2D eigenvalue weighted by Gasteiger charge is -2.33. The first-order valence-electron chi connectivity index (χ1n) is 6.96. The fourth-order valence-corrected chi connectivity index (χ4v) is 2.38. The molecule has 2 unspecified atom stereocenters. The van der Waals surface area contributed by atoms with Crippen molar-refractivity contribution in [2.24, 2.45) is 17.6 Å². The summed E-state index contributed by atoms with van der Waals surface area (Å²) in [6, 6.07) is 0.250. The van der Waals surface area contributed by atoms with Gasteiger partial charge in [0.05, 0.1) is 10.9 Å². The molecule has 0 saturated carbocycles. The molecular formula is C14H28N2OS. The third kappa shape index (κ3) is 4.92. The third-order valence-electron chi connectivity index (χ3n) is 3.40. The summed E-state index contributed by atoms with van der Waals surface area (Å²) in [5.74, 6) is -0.0747. The number of rotatable bonds is 8. The van der Waals surface area contributed by atoms with Crippen LogP contribution in [0.5, 0.6) is 0 Å². The second-order valence-corrected chi connectivity index (χ2v) is 5.74. The van der Waals surface area contributed by atoms with Crippen LogP contribution >= 0.6 is 12.2 Å². The lowest BCUT2D eigenvalue weighted by atomic mass is 9.93. The lowest BCUT2D eigenvalue weighted by molar-refractivity contribution is -0.136. The Morgan fingerprint density at radius 2 is 1.83 bits per heavy atom. The molecule has 0 spiro atoms. The number of nitrogens with two attached hydrogens (primary N) is 1. The highest BCUT2D eigenvalue weighted by atomic mass is 32.1. The average molecular weight is 272 g/mol. The molecule has 0 aromatic heterocycles. The third-order valence-corrected chi connectivity index (χ3v) is 3.65. The van der Waals surface area contributed by atoms with E-state index in [4.69, 9.17) is 18.0 Å². The molecule has 18 heavy (non-hydrogen) atoms. The number of unbranched alkanes of at least 4 members (excludes halogenated alkanes) is 1. The molecule has 2 atom stereocenters. The van der Waals surface area contributed by atoms with Gasteiger partial charge in [-0.05, 0) is 25.7 Å². The summed E-state index contributed by atoms with van der Waals surface area (Å²) in [4.78, 5) is 14.9. The van der Waals surface area contributed by atoms with E-state index < -0.39 is 0 Å². The van der Waals surface area contributed by atoms with Gasteiger partial charge in [-0.2, -0.15) is 0 Å². The van der Waals surface area contributed by atoms with E-state index in [1.807, 2.05) is 18.7 Å². The smallest absolute Gasteiger partial charge is 0.233 e. The van der Waals surface area contributed by atoms with Crippen LogP contribution in [-0.4, -0.2) is 28.4 Å². The van der Waals surface area contributed by atoms with Gasteiger partial charge in [-0.25, -0.2) is 0 Å². The van der Waals surface area contributed by atoms with E-state index in [1.54, 1.807) is 0 Å². The van der Waals surface area contributed by atoms with Crippen molar-refractivity contribution < 1.29 is 4.79 Å². The van der Waals surface area contributed by atoms with E-state index in [1.165, 1.54) is 0 Å². The number of thiocarbonyl (C=S) groups is 1. The van der Waals surface area contributed by atoms with Crippen LogP contribution in [0, 0.1) is 11.8 Å². The Morgan fingerprint density at radius 3 is 2.17 bits per heavy atom. The Hall–Kier alpha value is -0.640. The molecule has 0 aliphatic carbocycles. The summed E-state index contributed by atoms with van der Waals surface area (Å²) in [5, 5.41) is 0. The number of carbonyl (C=O) groups excluding carboxylic acids is 1. The van der Waals surface area contributed by atoms with Crippen LogP contribution in [0.3, 0.4) is 0 Å². The topological polar surface area (TPSA) is 46.3 Å². The number of hydrogen-bond acceptors (Lipinski definition) is 2. The highest BCUT2D eigenvalue weighted by Crippen LogP contribution is 2.18. The van der Waals surface area contributed by atoms with E-state index >= 15 is 0 Å². The molecule has 0 heterocycles. The second kappa shape index (κ2) is 8.46. The maximum Gasteiger partial charge on any atom is 0.233 e. The minimum atomic E-state index is -0.328. The molecule has 1 amide bonds. The van der Waals surface area contributed by atoms with Gasteiger partial charge >= 0.3 is 0 Å². The van der Waals surface area contributed by atoms with Crippen molar-refractivity contribution >= 4 is 23.1 Å². The first-order valence-corrected chi connectivity index (χ1v) is 7.37. The molecule has 3 nitrogen and oxygen atoms in total. The quantitative estimate of drug-likeness (QED) is 0.691. The minimum absolute atomic E-state index is 0.0975. The van der Waals surface area contributed by atoms with Gasteiger partial charge in [0, 0.05) is 12.6 Å². The molecule has 0 radical (unpaired) electrons. The van der Waals surface area contributed by atoms with Crippen molar-refractivity contribution in [2.45, 2.75) is 59.9 Å². The average Bonchev–Trinajstić information content (AvgIpc) is 2.28. The lowest BCUT2D eigenvalue weighted by Crippen LogP contribution is -2.47. The molecular weight excluding hydrogens is 244 g/mol. The van der Waals surface area contributed by atoms with E-state index in [9.17, 15) is 4.79 Å². The number of nitrogens with zero attached hydrogens (tertiary/aromatic N) is 1. The molecule has 0 aliphatic rings. The van der Waals surface area contributed by atoms with E-state index in [0.717, 1.165) is 25.8 Å². The van der Waals surface area contributed by atoms with E-state index in [0.29, 0.717) is 4.99 Å². The Balaban J connectivity index is 4.96. The normalized spacial score (nSPS) is 14.3. The molecule has 4 heteroatoms. The zero-order valence-electron chi connectivity index (χ0n) is 12.4. The van der Waals surface area contributed by atoms with Gasteiger partial charge in [-0.1, -0.05) is 46.3 Å². The maximum atomic E-state index is 12.6. The van der Waals surface area contributed by atoms with Crippen LogP contribution in [0.2, 0.25) is 0 Å². The van der Waals surface area contributed by atoms with Crippen molar-refractivity contribution in [3.8, 4) is 0 Å². The molecule has 2 N–H and O–H groups in total. The van der Waals surface area contributed by atoms with Crippen molar-refractivity contribution in [3.63, 3.8) is 0 Å². The Kier molecular flexibility index (Phi) is 8.16. The molecule has 106 valence electrons. The molecule has 0 aliphatic heterocycles. The largest absolute Gasteiger partial charge is 0.393 e. The molecule has 0 saturated heterocycles. The van der Waals surface area contributed by atoms with Gasteiger partial charge in [0.1, 0.15) is 0 Å². The highest BCUT2D eigenvalue weighted by molar-refractivity contribution is 7.80. The number of carbonyl (C=O) groups is 1. The van der Waals surface area contributed by atoms with Gasteiger partial charge < -0.3 is 10.6 Å². The van der Waals surface area contributed by atoms with Gasteiger partial charge in [-0.15, -0.1) is 0 Å². The van der Waals surface area contributed by atoms with Crippen molar-refractivity contribution in [1.82, 2.24) is 4.90 Å². The number of amides is 1. The van der Waals surface area contributed by atoms with Crippen molar-refractivity contribution in [2.75, 3.05) is 6.54 Å². The summed E-state index contributed by atoms with van der Waals surface area (Å²) in [6.07, 6.45) is 3.06. The van der Waals surface area contributed by atoms with Gasteiger partial charge in [-0.3, -0.25) is 4.79 Å². The van der Waals surface area contributed by atoms with E-state index in [-0.39, 0.29) is 23.8 Å². The fourth-order valence-electron chi connectivity index (χ4n) is 2.01. The molecule has 0 aromatic carbocycles. The molecule has 0 rings (SSSR count). The van der Waals surface area contributed by atoms with Crippen LogP contribution < -0.4 is 5.73 Å². The Morgan fingerprint density at radius 1 is 1.28 bits per heavy atom. The van der Waals surface area contributed by atoms with Gasteiger partial charge in [0.25, 0.3) is 0 Å². The highest BCUT2D eigenvalue weighted by Gasteiger charge is 2.30. The first kappa shape index (κ1) is 17.4. The van der Waals surface area contributed by atoms with Gasteiger partial charge in [0.2, 0.25) is 5.91 Å². The zero-order chi connectivity index (χ0) is 14.3. The monoisotopic (exact) mass is 272 g/mol. The van der Waals surface area contributed by atoms with Crippen LogP contribution in [0.15, 0.2) is 0 Å². The molecule has 0 aromatic rings. The standard InChI is InChI=1S/C14H28N2OS/c1-6-8-9-16(11(5)7-2)14(17)12(10(3)4)13(15)18/h10-12H,6-9H2,1-5H3,(H2,15,18). The fraction of sp³-hybridized carbons (Fsp3) is 0.857. The summed E-state index contributed by atoms with van der Waals surface area (Å²) in [7, 11) is 0. The zero-order valence-corrected chi connectivity index (χ0v) is 13.2. The molecule has 0 bridgehead atoms. The SMILES string of the molecule is CCCCN(C(=O)C(C(N)=S)C(C)C)C(C)CC. The number of hydrogen-bond donors (Lipinski definition) is 1. The Bertz CT molecular complexity index is 279. The minimum Gasteiger partial charge on any atom is -0.393 e. The second-order valence-electron chi connectivity index (χ2n) is 5.27. The Labute approximate surface area is 117 Å². The first-order chi connectivity index (χ1) is 8.36.